The summed E-state index contributed by atoms with van der Waals surface area (Å²) in [5.74, 6) is 3.27. The first-order chi connectivity index (χ1) is 9.20. The molecule has 0 aromatic heterocycles. The molecule has 0 bridgehead atoms. The third-order valence-electron chi connectivity index (χ3n) is 3.50. The number of methoxy groups -OCH3 is 1. The van der Waals surface area contributed by atoms with Gasteiger partial charge in [-0.25, -0.2) is 0 Å². The highest BCUT2D eigenvalue weighted by molar-refractivity contribution is 8.07. The van der Waals surface area contributed by atoms with Crippen LogP contribution in [0, 0.1) is 0 Å². The van der Waals surface area contributed by atoms with Gasteiger partial charge >= 0.3 is 0 Å². The Kier molecular flexibility index (Phi) is 5.92. The summed E-state index contributed by atoms with van der Waals surface area (Å²) in [7, 11) is 1.68. The average Bonchev–Trinajstić information content (AvgIpc) is 2.46. The topological polar surface area (TPSA) is 29.5 Å². The van der Waals surface area contributed by atoms with Crippen molar-refractivity contribution in [3.05, 3.63) is 29.8 Å². The summed E-state index contributed by atoms with van der Waals surface area (Å²) in [5, 5.41) is 11.3. The molecule has 1 aromatic rings. The lowest BCUT2D eigenvalue weighted by Crippen LogP contribution is -2.34. The molecular formula is C15H22O2S2. The van der Waals surface area contributed by atoms with E-state index in [2.05, 4.69) is 19.1 Å². The molecule has 2 rings (SSSR count). The molecule has 3 unspecified atom stereocenters. The fourth-order valence-electron chi connectivity index (χ4n) is 2.34. The van der Waals surface area contributed by atoms with E-state index in [1.165, 1.54) is 17.1 Å². The number of rotatable bonds is 5. The van der Waals surface area contributed by atoms with Gasteiger partial charge in [0.05, 0.1) is 13.2 Å². The SMILES string of the molecule is COc1ccc(CCC(O)C2SCCSC2C)cc1. The van der Waals surface area contributed by atoms with Crippen molar-refractivity contribution < 1.29 is 9.84 Å². The van der Waals surface area contributed by atoms with Crippen LogP contribution in [0.4, 0.5) is 0 Å². The number of benzene rings is 1. The Morgan fingerprint density at radius 2 is 1.95 bits per heavy atom. The third-order valence-corrected chi connectivity index (χ3v) is 6.74. The van der Waals surface area contributed by atoms with Gasteiger partial charge < -0.3 is 9.84 Å². The predicted molar refractivity (Wildman–Crippen MR) is 85.5 cm³/mol. The number of aryl methyl sites for hydroxylation is 1. The summed E-state index contributed by atoms with van der Waals surface area (Å²) in [6.45, 7) is 2.23. The summed E-state index contributed by atoms with van der Waals surface area (Å²) in [6, 6.07) is 8.13. The van der Waals surface area contributed by atoms with Gasteiger partial charge in [0.15, 0.2) is 0 Å². The van der Waals surface area contributed by atoms with Crippen molar-refractivity contribution >= 4 is 23.5 Å². The fourth-order valence-corrected chi connectivity index (χ4v) is 5.23. The van der Waals surface area contributed by atoms with Crippen molar-refractivity contribution in [3.8, 4) is 5.75 Å². The van der Waals surface area contributed by atoms with E-state index in [4.69, 9.17) is 4.74 Å². The number of hydrogen-bond donors (Lipinski definition) is 1. The number of thioether (sulfide) groups is 2. The van der Waals surface area contributed by atoms with Crippen molar-refractivity contribution in [1.29, 1.82) is 0 Å². The van der Waals surface area contributed by atoms with E-state index in [-0.39, 0.29) is 6.10 Å². The molecule has 0 amide bonds. The van der Waals surface area contributed by atoms with Crippen LogP contribution in [0.5, 0.6) is 5.75 Å². The van der Waals surface area contributed by atoms with Gasteiger partial charge in [-0.05, 0) is 30.5 Å². The molecule has 1 aliphatic rings. The van der Waals surface area contributed by atoms with Crippen molar-refractivity contribution in [2.75, 3.05) is 18.6 Å². The average molecular weight is 298 g/mol. The first-order valence-corrected chi connectivity index (χ1v) is 8.84. The Bertz CT molecular complexity index is 380. The van der Waals surface area contributed by atoms with E-state index in [1.54, 1.807) is 7.11 Å². The minimum absolute atomic E-state index is 0.199. The van der Waals surface area contributed by atoms with Crippen LogP contribution in [0.25, 0.3) is 0 Å². The van der Waals surface area contributed by atoms with E-state index in [0.29, 0.717) is 10.5 Å². The molecule has 1 heterocycles. The molecular weight excluding hydrogens is 276 g/mol. The Balaban J connectivity index is 1.83. The zero-order chi connectivity index (χ0) is 13.7. The Labute approximate surface area is 124 Å². The zero-order valence-electron chi connectivity index (χ0n) is 11.5. The third kappa shape index (κ3) is 4.33. The summed E-state index contributed by atoms with van der Waals surface area (Å²) in [5.41, 5.74) is 1.26. The maximum absolute atomic E-state index is 10.3. The van der Waals surface area contributed by atoms with Gasteiger partial charge in [0.2, 0.25) is 0 Å². The molecule has 0 radical (unpaired) electrons. The highest BCUT2D eigenvalue weighted by atomic mass is 32.2. The van der Waals surface area contributed by atoms with Gasteiger partial charge in [0.25, 0.3) is 0 Å². The minimum atomic E-state index is -0.199. The molecule has 1 saturated heterocycles. The maximum atomic E-state index is 10.3. The van der Waals surface area contributed by atoms with E-state index < -0.39 is 0 Å². The lowest BCUT2D eigenvalue weighted by atomic mass is 10.0. The van der Waals surface area contributed by atoms with Gasteiger partial charge in [-0.1, -0.05) is 19.1 Å². The van der Waals surface area contributed by atoms with Crippen molar-refractivity contribution in [1.82, 2.24) is 0 Å². The monoisotopic (exact) mass is 298 g/mol. The number of aliphatic hydroxyl groups is 1. The van der Waals surface area contributed by atoms with Crippen LogP contribution < -0.4 is 4.74 Å². The molecule has 2 nitrogen and oxygen atoms in total. The van der Waals surface area contributed by atoms with Crippen LogP contribution in [-0.2, 0) is 6.42 Å². The van der Waals surface area contributed by atoms with Gasteiger partial charge in [-0.2, -0.15) is 23.5 Å². The molecule has 1 N–H and O–H groups in total. The van der Waals surface area contributed by atoms with Gasteiger partial charge in [-0.3, -0.25) is 0 Å². The van der Waals surface area contributed by atoms with Crippen LogP contribution in [0.2, 0.25) is 0 Å². The largest absolute Gasteiger partial charge is 0.497 e. The Hall–Kier alpha value is -0.320. The minimum Gasteiger partial charge on any atom is -0.497 e. The summed E-state index contributed by atoms with van der Waals surface area (Å²) in [6.07, 6.45) is 1.57. The molecule has 3 atom stereocenters. The van der Waals surface area contributed by atoms with E-state index in [1.807, 2.05) is 35.7 Å². The zero-order valence-corrected chi connectivity index (χ0v) is 13.2. The summed E-state index contributed by atoms with van der Waals surface area (Å²) in [4.78, 5) is 0. The van der Waals surface area contributed by atoms with Crippen LogP contribution >= 0.6 is 23.5 Å². The Morgan fingerprint density at radius 1 is 1.26 bits per heavy atom. The Morgan fingerprint density at radius 3 is 2.58 bits per heavy atom. The maximum Gasteiger partial charge on any atom is 0.118 e. The summed E-state index contributed by atoms with van der Waals surface area (Å²) < 4.78 is 5.15. The van der Waals surface area contributed by atoms with E-state index >= 15 is 0 Å². The fraction of sp³-hybridized carbons (Fsp3) is 0.600. The lowest BCUT2D eigenvalue weighted by Gasteiger charge is -2.31. The number of hydrogen-bond acceptors (Lipinski definition) is 4. The van der Waals surface area contributed by atoms with Crippen molar-refractivity contribution in [3.63, 3.8) is 0 Å². The molecule has 4 heteroatoms. The standard InChI is InChI=1S/C15H22O2S2/c1-11-15(19-10-9-18-11)14(16)8-5-12-3-6-13(17-2)7-4-12/h3-4,6-7,11,14-16H,5,8-10H2,1-2H3. The second-order valence-corrected chi connectivity index (χ2v) is 7.64. The molecule has 1 aromatic carbocycles. The molecule has 1 fully saturated rings. The van der Waals surface area contributed by atoms with Crippen molar-refractivity contribution in [2.45, 2.75) is 36.4 Å². The molecule has 0 spiro atoms. The molecule has 0 saturated carbocycles. The molecule has 0 aliphatic carbocycles. The van der Waals surface area contributed by atoms with Crippen LogP contribution in [0.3, 0.4) is 0 Å². The van der Waals surface area contributed by atoms with E-state index in [9.17, 15) is 5.11 Å². The second-order valence-electron chi connectivity index (χ2n) is 4.87. The van der Waals surface area contributed by atoms with Gasteiger partial charge in [-0.15, -0.1) is 0 Å². The molecule has 106 valence electrons. The second kappa shape index (κ2) is 7.46. The number of ether oxygens (including phenoxy) is 1. The number of aliphatic hydroxyl groups excluding tert-OH is 1. The molecule has 1 aliphatic heterocycles. The quantitative estimate of drug-likeness (QED) is 0.904. The first kappa shape index (κ1) is 15.1. The van der Waals surface area contributed by atoms with Gasteiger partial charge in [0, 0.05) is 22.0 Å². The normalized spacial score (nSPS) is 25.0. The first-order valence-electron chi connectivity index (χ1n) is 6.75. The van der Waals surface area contributed by atoms with Crippen LogP contribution in [0.1, 0.15) is 18.9 Å². The predicted octanol–water partition coefficient (Wildman–Crippen LogP) is 3.23. The highest BCUT2D eigenvalue weighted by Crippen LogP contribution is 2.34. The smallest absolute Gasteiger partial charge is 0.118 e. The van der Waals surface area contributed by atoms with E-state index in [0.717, 1.165) is 18.6 Å². The highest BCUT2D eigenvalue weighted by Gasteiger charge is 2.28. The van der Waals surface area contributed by atoms with Crippen molar-refractivity contribution in [2.24, 2.45) is 0 Å². The van der Waals surface area contributed by atoms with Gasteiger partial charge in [0.1, 0.15) is 5.75 Å². The molecule has 19 heavy (non-hydrogen) atoms. The van der Waals surface area contributed by atoms with Crippen LogP contribution in [-0.4, -0.2) is 40.3 Å². The lowest BCUT2D eigenvalue weighted by molar-refractivity contribution is 0.161. The van der Waals surface area contributed by atoms with Crippen LogP contribution in [0.15, 0.2) is 24.3 Å². The summed E-state index contributed by atoms with van der Waals surface area (Å²) >= 11 is 3.91.